The van der Waals surface area contributed by atoms with Crippen molar-refractivity contribution in [2.45, 2.75) is 45.7 Å². The second-order valence-corrected chi connectivity index (χ2v) is 6.71. The molecular weight excluding hydrogens is 322 g/mol. The minimum Gasteiger partial charge on any atom is -0.462 e. The second kappa shape index (κ2) is 8.99. The predicted octanol–water partition coefficient (Wildman–Crippen LogP) is 3.02. The van der Waals surface area contributed by atoms with E-state index < -0.39 is 0 Å². The van der Waals surface area contributed by atoms with E-state index in [4.69, 9.17) is 17.0 Å². The Labute approximate surface area is 149 Å². The van der Waals surface area contributed by atoms with Crippen LogP contribution in [0.3, 0.4) is 0 Å². The lowest BCUT2D eigenvalue weighted by Crippen LogP contribution is -2.47. The van der Waals surface area contributed by atoms with Crippen molar-refractivity contribution in [2.75, 3.05) is 25.0 Å². The zero-order valence-electron chi connectivity index (χ0n) is 14.7. The van der Waals surface area contributed by atoms with E-state index >= 15 is 0 Å². The van der Waals surface area contributed by atoms with E-state index in [1.54, 1.807) is 19.1 Å². The Kier molecular flexibility index (Phi) is 6.99. The first-order valence-electron chi connectivity index (χ1n) is 8.58. The molecule has 0 aromatic heterocycles. The van der Waals surface area contributed by atoms with Crippen molar-refractivity contribution >= 4 is 29.0 Å². The standard InChI is InChI=1S/C18H27N3O2S/c1-4-23-17(22)14-5-7-15(8-6-14)19-18(24)20-16-9-11-21(12-10-16)13(2)3/h5-8,13,16H,4,9-12H2,1-3H3,(H2,19,20,24). The maximum Gasteiger partial charge on any atom is 0.338 e. The highest BCUT2D eigenvalue weighted by Gasteiger charge is 2.21. The fourth-order valence-corrected chi connectivity index (χ4v) is 3.10. The lowest BCUT2D eigenvalue weighted by atomic mass is 10.0. The van der Waals surface area contributed by atoms with Gasteiger partial charge in [0, 0.05) is 30.9 Å². The molecule has 1 fully saturated rings. The number of benzene rings is 1. The highest BCUT2D eigenvalue weighted by Crippen LogP contribution is 2.14. The molecule has 1 heterocycles. The summed E-state index contributed by atoms with van der Waals surface area (Å²) in [4.78, 5) is 14.1. The number of carbonyl (C=O) groups is 1. The van der Waals surface area contributed by atoms with Gasteiger partial charge in [0.1, 0.15) is 0 Å². The second-order valence-electron chi connectivity index (χ2n) is 6.30. The van der Waals surface area contributed by atoms with E-state index in [0.717, 1.165) is 31.6 Å². The first-order chi connectivity index (χ1) is 11.5. The van der Waals surface area contributed by atoms with Crippen molar-refractivity contribution in [3.63, 3.8) is 0 Å². The first-order valence-corrected chi connectivity index (χ1v) is 8.99. The zero-order valence-corrected chi connectivity index (χ0v) is 15.5. The molecule has 0 amide bonds. The minimum absolute atomic E-state index is 0.304. The van der Waals surface area contributed by atoms with Crippen LogP contribution in [0.1, 0.15) is 44.0 Å². The molecule has 0 aliphatic carbocycles. The molecular formula is C18H27N3O2S. The lowest BCUT2D eigenvalue weighted by molar-refractivity contribution is 0.0526. The Hall–Kier alpha value is -1.66. The molecule has 0 spiro atoms. The number of carbonyl (C=O) groups excluding carboxylic acids is 1. The maximum absolute atomic E-state index is 11.6. The molecule has 0 bridgehead atoms. The number of anilines is 1. The molecule has 132 valence electrons. The third-order valence-electron chi connectivity index (χ3n) is 4.25. The van der Waals surface area contributed by atoms with Gasteiger partial charge < -0.3 is 20.3 Å². The highest BCUT2D eigenvalue weighted by molar-refractivity contribution is 7.80. The molecule has 1 aliphatic heterocycles. The van der Waals surface area contributed by atoms with E-state index in [2.05, 4.69) is 29.4 Å². The van der Waals surface area contributed by atoms with Crippen molar-refractivity contribution in [2.24, 2.45) is 0 Å². The van der Waals surface area contributed by atoms with Gasteiger partial charge >= 0.3 is 5.97 Å². The third-order valence-corrected chi connectivity index (χ3v) is 4.47. The number of hydrogen-bond donors (Lipinski definition) is 2. The summed E-state index contributed by atoms with van der Waals surface area (Å²) < 4.78 is 4.97. The Morgan fingerprint density at radius 1 is 1.29 bits per heavy atom. The summed E-state index contributed by atoms with van der Waals surface area (Å²) >= 11 is 5.40. The molecule has 24 heavy (non-hydrogen) atoms. The van der Waals surface area contributed by atoms with Gasteiger partial charge in [-0.05, 0) is 70.1 Å². The van der Waals surface area contributed by atoms with Crippen molar-refractivity contribution in [3.8, 4) is 0 Å². The predicted molar refractivity (Wildman–Crippen MR) is 101 cm³/mol. The van der Waals surface area contributed by atoms with E-state index in [-0.39, 0.29) is 5.97 Å². The summed E-state index contributed by atoms with van der Waals surface area (Å²) in [6, 6.07) is 8.17. The molecule has 2 rings (SSSR count). The number of nitrogens with zero attached hydrogens (tertiary/aromatic N) is 1. The summed E-state index contributed by atoms with van der Waals surface area (Å²) in [6.07, 6.45) is 2.20. The van der Waals surface area contributed by atoms with E-state index in [0.29, 0.717) is 29.4 Å². The monoisotopic (exact) mass is 349 g/mol. The Morgan fingerprint density at radius 2 is 1.92 bits per heavy atom. The van der Waals surface area contributed by atoms with E-state index in [1.807, 2.05) is 12.1 Å². The molecule has 0 saturated carbocycles. The lowest BCUT2D eigenvalue weighted by Gasteiger charge is -2.35. The molecule has 0 radical (unpaired) electrons. The Bertz CT molecular complexity index is 552. The molecule has 1 aromatic carbocycles. The summed E-state index contributed by atoms with van der Waals surface area (Å²) in [5.41, 5.74) is 1.41. The smallest absolute Gasteiger partial charge is 0.338 e. The molecule has 2 N–H and O–H groups in total. The molecule has 0 unspecified atom stereocenters. The van der Waals surface area contributed by atoms with Crippen LogP contribution in [0.4, 0.5) is 5.69 Å². The summed E-state index contributed by atoms with van der Waals surface area (Å²) in [5.74, 6) is -0.304. The van der Waals surface area contributed by atoms with Crippen LogP contribution in [0.5, 0.6) is 0 Å². The van der Waals surface area contributed by atoms with Gasteiger partial charge in [-0.15, -0.1) is 0 Å². The summed E-state index contributed by atoms with van der Waals surface area (Å²) in [6.45, 7) is 8.85. The van der Waals surface area contributed by atoms with Gasteiger partial charge in [0.15, 0.2) is 5.11 Å². The summed E-state index contributed by atoms with van der Waals surface area (Å²) in [7, 11) is 0. The maximum atomic E-state index is 11.6. The molecule has 1 saturated heterocycles. The van der Waals surface area contributed by atoms with Crippen LogP contribution in [-0.2, 0) is 4.74 Å². The average Bonchev–Trinajstić information content (AvgIpc) is 2.56. The molecule has 5 nitrogen and oxygen atoms in total. The topological polar surface area (TPSA) is 53.6 Å². The minimum atomic E-state index is -0.304. The first kappa shape index (κ1) is 18.7. The number of thiocarbonyl (C=S) groups is 1. The van der Waals surface area contributed by atoms with Gasteiger partial charge in [-0.3, -0.25) is 0 Å². The van der Waals surface area contributed by atoms with Crippen molar-refractivity contribution in [1.82, 2.24) is 10.2 Å². The molecule has 1 aliphatic rings. The van der Waals surface area contributed by atoms with Crippen molar-refractivity contribution < 1.29 is 9.53 Å². The van der Waals surface area contributed by atoms with E-state index in [1.165, 1.54) is 0 Å². The van der Waals surface area contributed by atoms with Crippen LogP contribution in [0.2, 0.25) is 0 Å². The fourth-order valence-electron chi connectivity index (χ4n) is 2.82. The van der Waals surface area contributed by atoms with Gasteiger partial charge in [0.05, 0.1) is 12.2 Å². The number of likely N-dealkylation sites (tertiary alicyclic amines) is 1. The number of rotatable bonds is 5. The van der Waals surface area contributed by atoms with Gasteiger partial charge in [-0.1, -0.05) is 0 Å². The van der Waals surface area contributed by atoms with Crippen LogP contribution < -0.4 is 10.6 Å². The van der Waals surface area contributed by atoms with Crippen LogP contribution in [-0.4, -0.2) is 47.8 Å². The van der Waals surface area contributed by atoms with Crippen LogP contribution in [0.25, 0.3) is 0 Å². The van der Waals surface area contributed by atoms with Gasteiger partial charge in [-0.2, -0.15) is 0 Å². The Morgan fingerprint density at radius 3 is 2.46 bits per heavy atom. The van der Waals surface area contributed by atoms with Gasteiger partial charge in [-0.25, -0.2) is 4.79 Å². The third kappa shape index (κ3) is 5.46. The quantitative estimate of drug-likeness (QED) is 0.629. The number of esters is 1. The zero-order chi connectivity index (χ0) is 17.5. The van der Waals surface area contributed by atoms with Crippen molar-refractivity contribution in [1.29, 1.82) is 0 Å². The van der Waals surface area contributed by atoms with Crippen LogP contribution >= 0.6 is 12.2 Å². The van der Waals surface area contributed by atoms with Crippen LogP contribution in [0.15, 0.2) is 24.3 Å². The van der Waals surface area contributed by atoms with E-state index in [9.17, 15) is 4.79 Å². The number of piperidine rings is 1. The molecule has 6 heteroatoms. The fraction of sp³-hybridized carbons (Fsp3) is 0.556. The van der Waals surface area contributed by atoms with Crippen molar-refractivity contribution in [3.05, 3.63) is 29.8 Å². The molecule has 0 atom stereocenters. The normalized spacial score (nSPS) is 16.0. The number of ether oxygens (including phenoxy) is 1. The highest BCUT2D eigenvalue weighted by atomic mass is 32.1. The van der Waals surface area contributed by atoms with Gasteiger partial charge in [0.2, 0.25) is 0 Å². The number of hydrogen-bond acceptors (Lipinski definition) is 4. The van der Waals surface area contributed by atoms with Gasteiger partial charge in [0.25, 0.3) is 0 Å². The molecule has 1 aromatic rings. The largest absolute Gasteiger partial charge is 0.462 e. The summed E-state index contributed by atoms with van der Waals surface area (Å²) in [5, 5.41) is 7.19. The number of nitrogens with one attached hydrogen (secondary N) is 2. The van der Waals surface area contributed by atoms with Crippen LogP contribution in [0, 0.1) is 0 Å². The average molecular weight is 350 g/mol. The Balaban J connectivity index is 1.79. The SMILES string of the molecule is CCOC(=O)c1ccc(NC(=S)NC2CCN(C(C)C)CC2)cc1.